The fourth-order valence-electron chi connectivity index (χ4n) is 3.22. The van der Waals surface area contributed by atoms with E-state index in [1.807, 2.05) is 127 Å². The summed E-state index contributed by atoms with van der Waals surface area (Å²) >= 11 is 0. The first-order valence-electron chi connectivity index (χ1n) is 11.5. The first-order chi connectivity index (χ1) is 17.9. The van der Waals surface area contributed by atoms with Gasteiger partial charge in [-0.25, -0.2) is 0 Å². The maximum atomic E-state index is 4.22. The van der Waals surface area contributed by atoms with Gasteiger partial charge in [-0.05, 0) is 35.3 Å². The van der Waals surface area contributed by atoms with Crippen LogP contribution in [0.4, 0.5) is 0 Å². The van der Waals surface area contributed by atoms with Crippen LogP contribution >= 0.6 is 0 Å². The third-order valence-corrected chi connectivity index (χ3v) is 4.95. The van der Waals surface area contributed by atoms with Crippen molar-refractivity contribution >= 4 is 0 Å². The van der Waals surface area contributed by atoms with Crippen molar-refractivity contribution in [3.63, 3.8) is 0 Å². The fourth-order valence-corrected chi connectivity index (χ4v) is 3.22. The first kappa shape index (κ1) is 33.2. The summed E-state index contributed by atoms with van der Waals surface area (Å²) in [4.78, 5) is 12.7. The van der Waals surface area contributed by atoms with Crippen molar-refractivity contribution in [2.75, 3.05) is 0 Å². The Morgan fingerprint density at radius 1 is 0.359 bits per heavy atom. The van der Waals surface area contributed by atoms with Crippen LogP contribution in [-0.4, -0.2) is 15.0 Å². The smallest absolute Gasteiger partial charge is 1.00 e. The van der Waals surface area contributed by atoms with Crippen molar-refractivity contribution in [1.82, 2.24) is 15.0 Å². The molecule has 0 fully saturated rings. The Labute approximate surface area is 253 Å². The molecule has 0 bridgehead atoms. The molecule has 0 aliphatic heterocycles. The van der Waals surface area contributed by atoms with Crippen molar-refractivity contribution in [2.45, 2.75) is 0 Å². The maximum Gasteiger partial charge on any atom is 2.00 e. The van der Waals surface area contributed by atoms with E-state index >= 15 is 0 Å². The Hall–Kier alpha value is -3.80. The van der Waals surface area contributed by atoms with Gasteiger partial charge in [0.2, 0.25) is 0 Å². The van der Waals surface area contributed by atoms with Crippen molar-refractivity contribution < 1.29 is 41.6 Å². The van der Waals surface area contributed by atoms with Crippen LogP contribution in [0.25, 0.3) is 33.8 Å². The maximum absolute atomic E-state index is 4.22. The Balaban J connectivity index is 0.000000282. The number of aromatic nitrogens is 3. The molecule has 3 nitrogen and oxygen atoms in total. The van der Waals surface area contributed by atoms with E-state index in [1.54, 1.807) is 18.6 Å². The molecule has 0 aliphatic carbocycles. The predicted molar refractivity (Wildman–Crippen MR) is 146 cm³/mol. The van der Waals surface area contributed by atoms with Gasteiger partial charge >= 0.3 is 16.8 Å². The number of hydrogen-bond donors (Lipinski definition) is 0. The van der Waals surface area contributed by atoms with E-state index in [4.69, 9.17) is 0 Å². The summed E-state index contributed by atoms with van der Waals surface area (Å²) in [6.07, 6.45) is 5.36. The largest absolute Gasteiger partial charge is 2.00 e. The van der Waals surface area contributed by atoms with E-state index in [0.717, 1.165) is 33.8 Å². The molecule has 0 saturated heterocycles. The van der Waals surface area contributed by atoms with Crippen molar-refractivity contribution in [3.05, 3.63) is 164 Å². The average molecular weight is 592 g/mol. The number of hydrogen-bond acceptors (Lipinski definition) is 3. The van der Waals surface area contributed by atoms with Gasteiger partial charge < -0.3 is 39.8 Å². The van der Waals surface area contributed by atoms with E-state index in [2.05, 4.69) is 33.2 Å². The number of halogens is 2. The van der Waals surface area contributed by atoms with Crippen molar-refractivity contribution in [1.29, 1.82) is 0 Å². The third kappa shape index (κ3) is 11.2. The molecule has 0 unspecified atom stereocenters. The molecule has 0 N–H and O–H groups in total. The molecule has 6 heteroatoms. The Kier molecular flexibility index (Phi) is 16.4. The van der Waals surface area contributed by atoms with Gasteiger partial charge in [-0.1, -0.05) is 36.4 Å². The zero-order valence-electron chi connectivity index (χ0n) is 20.8. The topological polar surface area (TPSA) is 38.7 Å². The number of benzene rings is 3. The van der Waals surface area contributed by atoms with Gasteiger partial charge in [0.25, 0.3) is 0 Å². The van der Waals surface area contributed by atoms with Crippen LogP contribution in [0.2, 0.25) is 0 Å². The van der Waals surface area contributed by atoms with Crippen LogP contribution in [0.5, 0.6) is 0 Å². The summed E-state index contributed by atoms with van der Waals surface area (Å²) < 4.78 is 0. The Bertz CT molecular complexity index is 1100. The van der Waals surface area contributed by atoms with E-state index < -0.39 is 0 Å². The molecule has 3 aromatic heterocycles. The predicted octanol–water partition coefficient (Wildman–Crippen LogP) is 1.65. The first-order valence-corrected chi connectivity index (χ1v) is 11.5. The molecule has 197 valence electrons. The molecule has 1 radical (unpaired) electrons. The Morgan fingerprint density at radius 3 is 0.846 bits per heavy atom. The van der Waals surface area contributed by atoms with Gasteiger partial charge in [-0.15, -0.1) is 108 Å². The van der Waals surface area contributed by atoms with E-state index in [-0.39, 0.29) is 41.6 Å². The minimum atomic E-state index is 0. The van der Waals surface area contributed by atoms with E-state index in [0.29, 0.717) is 0 Å². The molecule has 0 aliphatic rings. The molecule has 3 aromatic carbocycles. The monoisotopic (exact) mass is 591 g/mol. The van der Waals surface area contributed by atoms with E-state index in [1.165, 1.54) is 0 Å². The quantitative estimate of drug-likeness (QED) is 0.294. The number of pyridine rings is 3. The summed E-state index contributed by atoms with van der Waals surface area (Å²) in [5.74, 6) is 0. The summed E-state index contributed by atoms with van der Waals surface area (Å²) in [6.45, 7) is 0. The normalized spacial score (nSPS) is 8.92. The molecule has 39 heavy (non-hydrogen) atoms. The van der Waals surface area contributed by atoms with Gasteiger partial charge in [-0.3, -0.25) is 0 Å². The minimum absolute atomic E-state index is 0. The molecule has 0 amide bonds. The SMILES string of the molecule is [Cl-].[Cl-].[Co+2].[c-]1ccccc1-c1ccccn1.[c-]1ccccc1-c1ccccn1.[c-]1ccccc1-c1ccccn1. The molecule has 0 spiro atoms. The van der Waals surface area contributed by atoms with Crippen molar-refractivity contribution in [3.8, 4) is 33.8 Å². The standard InChI is InChI=1S/3C11H8N.2ClH.Co/c3*1-2-6-10(7-3-1)11-8-4-5-9-12-11;;;/h3*1-6,8-9H;2*1H;/q3*-1;;;+2/p-2. The van der Waals surface area contributed by atoms with Gasteiger partial charge in [0.1, 0.15) is 0 Å². The number of nitrogens with zero attached hydrogens (tertiary/aromatic N) is 3. The van der Waals surface area contributed by atoms with Gasteiger partial charge in [0.15, 0.2) is 0 Å². The minimum Gasteiger partial charge on any atom is -1.00 e. The van der Waals surface area contributed by atoms with Gasteiger partial charge in [0.05, 0.1) is 0 Å². The van der Waals surface area contributed by atoms with Crippen LogP contribution in [0.15, 0.2) is 146 Å². The number of rotatable bonds is 3. The second kappa shape index (κ2) is 19.3. The molecule has 6 rings (SSSR count). The third-order valence-electron chi connectivity index (χ3n) is 4.95. The Morgan fingerprint density at radius 2 is 0.641 bits per heavy atom. The summed E-state index contributed by atoms with van der Waals surface area (Å²) in [5, 5.41) is 0. The van der Waals surface area contributed by atoms with Crippen LogP contribution in [0.1, 0.15) is 0 Å². The zero-order chi connectivity index (χ0) is 24.7. The van der Waals surface area contributed by atoms with Crippen molar-refractivity contribution in [2.24, 2.45) is 0 Å². The molecule has 0 atom stereocenters. The second-order valence-corrected chi connectivity index (χ2v) is 7.47. The molecule has 3 heterocycles. The zero-order valence-corrected chi connectivity index (χ0v) is 23.3. The molecular formula is C33H24Cl2CoN3-3. The van der Waals surface area contributed by atoms with Crippen LogP contribution in [0, 0.1) is 18.2 Å². The average Bonchev–Trinajstić information content (AvgIpc) is 3.01. The molecular weight excluding hydrogens is 568 g/mol. The van der Waals surface area contributed by atoms with Crippen LogP contribution < -0.4 is 24.8 Å². The molecule has 0 saturated carbocycles. The second-order valence-electron chi connectivity index (χ2n) is 7.47. The van der Waals surface area contributed by atoms with Crippen LogP contribution in [-0.2, 0) is 16.8 Å². The van der Waals surface area contributed by atoms with E-state index in [9.17, 15) is 0 Å². The summed E-state index contributed by atoms with van der Waals surface area (Å²) in [7, 11) is 0. The fraction of sp³-hybridized carbons (Fsp3) is 0. The molecule has 6 aromatic rings. The van der Waals surface area contributed by atoms with Gasteiger partial charge in [-0.2, -0.15) is 0 Å². The summed E-state index contributed by atoms with van der Waals surface area (Å²) in [6, 6.07) is 50.5. The van der Waals surface area contributed by atoms with Crippen LogP contribution in [0.3, 0.4) is 0 Å². The van der Waals surface area contributed by atoms with Gasteiger partial charge in [0, 0.05) is 18.6 Å². The summed E-state index contributed by atoms with van der Waals surface area (Å²) in [5.41, 5.74) is 6.03.